The van der Waals surface area contributed by atoms with E-state index in [2.05, 4.69) is 36.1 Å². The number of carbonyl (C=O) groups excluding carboxylic acids is 1. The van der Waals surface area contributed by atoms with E-state index in [1.807, 2.05) is 0 Å². The van der Waals surface area contributed by atoms with Crippen molar-refractivity contribution >= 4 is 5.91 Å². The maximum atomic E-state index is 12.8. The number of nitrogens with zero attached hydrogens (tertiary/aromatic N) is 1. The lowest BCUT2D eigenvalue weighted by atomic mass is 10.1. The van der Waals surface area contributed by atoms with Crippen LogP contribution in [0.1, 0.15) is 43.7 Å². The Morgan fingerprint density at radius 3 is 2.52 bits per heavy atom. The number of amides is 1. The van der Waals surface area contributed by atoms with E-state index in [1.54, 1.807) is 0 Å². The van der Waals surface area contributed by atoms with Crippen molar-refractivity contribution in [1.29, 1.82) is 0 Å². The molecule has 1 heterocycles. The average molecular weight is 287 g/mol. The lowest BCUT2D eigenvalue weighted by Gasteiger charge is -2.33. The second-order valence-corrected chi connectivity index (χ2v) is 6.22. The van der Waals surface area contributed by atoms with Crippen LogP contribution < -0.4 is 0 Å². The second-order valence-electron chi connectivity index (χ2n) is 6.22. The fourth-order valence-electron chi connectivity index (χ4n) is 3.59. The maximum Gasteiger partial charge on any atom is 0.251 e. The van der Waals surface area contributed by atoms with Crippen LogP contribution >= 0.6 is 0 Å². The molecule has 0 unspecified atom stereocenters. The van der Waals surface area contributed by atoms with E-state index in [9.17, 15) is 4.79 Å². The van der Waals surface area contributed by atoms with Gasteiger partial charge in [0.1, 0.15) is 6.10 Å². The number of benzene rings is 1. The quantitative estimate of drug-likeness (QED) is 0.852. The van der Waals surface area contributed by atoms with E-state index in [1.165, 1.54) is 11.1 Å². The van der Waals surface area contributed by atoms with Gasteiger partial charge in [-0.3, -0.25) is 4.79 Å². The lowest BCUT2D eigenvalue weighted by molar-refractivity contribution is -0.148. The molecule has 3 nitrogen and oxygen atoms in total. The molecule has 0 bridgehead atoms. The minimum atomic E-state index is -0.200. The summed E-state index contributed by atoms with van der Waals surface area (Å²) in [6.07, 6.45) is 5.88. The standard InChI is InChI=1S/C18H25NO2/c1-2-10-19(18(20)17-9-5-6-11-21-17)16-12-14-7-3-4-8-15(14)13-16/h3-4,7-8,16-17H,2,5-6,9-13H2,1H3/t17-/m0/s1. The van der Waals surface area contributed by atoms with Gasteiger partial charge in [0.25, 0.3) is 5.91 Å². The molecule has 1 aromatic rings. The molecule has 0 radical (unpaired) electrons. The highest BCUT2D eigenvalue weighted by Gasteiger charge is 2.33. The zero-order chi connectivity index (χ0) is 14.7. The number of rotatable bonds is 4. The summed E-state index contributed by atoms with van der Waals surface area (Å²) in [4.78, 5) is 14.9. The van der Waals surface area contributed by atoms with Crippen LogP contribution in [0, 0.1) is 0 Å². The van der Waals surface area contributed by atoms with Gasteiger partial charge in [-0.15, -0.1) is 0 Å². The third-order valence-corrected chi connectivity index (χ3v) is 4.67. The van der Waals surface area contributed by atoms with Crippen molar-refractivity contribution in [2.24, 2.45) is 0 Å². The van der Waals surface area contributed by atoms with Gasteiger partial charge < -0.3 is 9.64 Å². The summed E-state index contributed by atoms with van der Waals surface area (Å²) >= 11 is 0. The monoisotopic (exact) mass is 287 g/mol. The molecule has 3 heteroatoms. The number of hydrogen-bond acceptors (Lipinski definition) is 2. The highest BCUT2D eigenvalue weighted by molar-refractivity contribution is 5.81. The summed E-state index contributed by atoms with van der Waals surface area (Å²) in [5, 5.41) is 0. The highest BCUT2D eigenvalue weighted by Crippen LogP contribution is 2.27. The smallest absolute Gasteiger partial charge is 0.251 e. The summed E-state index contributed by atoms with van der Waals surface area (Å²) in [6, 6.07) is 8.90. The Kier molecular flexibility index (Phi) is 4.59. The van der Waals surface area contributed by atoms with Crippen LogP contribution in [0.5, 0.6) is 0 Å². The molecule has 3 rings (SSSR count). The first-order chi connectivity index (χ1) is 10.3. The molecule has 1 atom stereocenters. The number of fused-ring (bicyclic) bond motifs is 1. The maximum absolute atomic E-state index is 12.8. The summed E-state index contributed by atoms with van der Waals surface area (Å²) in [5.74, 6) is 0.217. The Bertz CT molecular complexity index is 469. The molecule has 2 aliphatic rings. The van der Waals surface area contributed by atoms with Crippen molar-refractivity contribution in [2.45, 2.75) is 57.6 Å². The molecule has 1 aliphatic carbocycles. The van der Waals surface area contributed by atoms with Crippen LogP contribution in [0.3, 0.4) is 0 Å². The van der Waals surface area contributed by atoms with Crippen LogP contribution in [0.15, 0.2) is 24.3 Å². The molecule has 1 amide bonds. The average Bonchev–Trinajstić information content (AvgIpc) is 2.96. The second kappa shape index (κ2) is 6.61. The lowest BCUT2D eigenvalue weighted by Crippen LogP contribution is -2.48. The normalized spacial score (nSPS) is 22.0. The molecule has 1 fully saturated rings. The van der Waals surface area contributed by atoms with Gasteiger partial charge >= 0.3 is 0 Å². The predicted octanol–water partition coefficient (Wildman–Crippen LogP) is 2.96. The van der Waals surface area contributed by atoms with Gasteiger partial charge in [0.05, 0.1) is 0 Å². The van der Waals surface area contributed by atoms with Crippen molar-refractivity contribution in [3.63, 3.8) is 0 Å². The first-order valence-electron chi connectivity index (χ1n) is 8.28. The van der Waals surface area contributed by atoms with Gasteiger partial charge in [0.2, 0.25) is 0 Å². The molecule has 0 aromatic heterocycles. The van der Waals surface area contributed by atoms with Gasteiger partial charge in [-0.1, -0.05) is 31.2 Å². The van der Waals surface area contributed by atoms with E-state index in [4.69, 9.17) is 4.74 Å². The molecular weight excluding hydrogens is 262 g/mol. The van der Waals surface area contributed by atoms with E-state index in [-0.39, 0.29) is 12.0 Å². The molecule has 114 valence electrons. The molecule has 1 aliphatic heterocycles. The third kappa shape index (κ3) is 3.13. The van der Waals surface area contributed by atoms with Crippen molar-refractivity contribution in [3.8, 4) is 0 Å². The Hall–Kier alpha value is -1.35. The van der Waals surface area contributed by atoms with Gasteiger partial charge in [-0.2, -0.15) is 0 Å². The topological polar surface area (TPSA) is 29.5 Å². The Labute approximate surface area is 127 Å². The minimum absolute atomic E-state index is 0.200. The number of carbonyl (C=O) groups is 1. The van der Waals surface area contributed by atoms with Crippen LogP contribution in [0.4, 0.5) is 0 Å². The van der Waals surface area contributed by atoms with Gasteiger partial charge in [0, 0.05) is 19.2 Å². The third-order valence-electron chi connectivity index (χ3n) is 4.67. The minimum Gasteiger partial charge on any atom is -0.368 e. The van der Waals surface area contributed by atoms with Crippen molar-refractivity contribution in [3.05, 3.63) is 35.4 Å². The van der Waals surface area contributed by atoms with E-state index in [0.717, 1.165) is 51.7 Å². The van der Waals surface area contributed by atoms with E-state index in [0.29, 0.717) is 6.04 Å². The fourth-order valence-corrected chi connectivity index (χ4v) is 3.59. The molecule has 0 N–H and O–H groups in total. The van der Waals surface area contributed by atoms with Crippen LogP contribution in [0.2, 0.25) is 0 Å². The molecule has 1 aromatic carbocycles. The number of hydrogen-bond donors (Lipinski definition) is 0. The molecule has 1 saturated heterocycles. The Balaban J connectivity index is 1.71. The van der Waals surface area contributed by atoms with Crippen LogP contribution in [-0.2, 0) is 22.4 Å². The molecule has 0 spiro atoms. The summed E-state index contributed by atoms with van der Waals surface area (Å²) in [7, 11) is 0. The molecule has 0 saturated carbocycles. The van der Waals surface area contributed by atoms with Crippen LogP contribution in [-0.4, -0.2) is 36.1 Å². The van der Waals surface area contributed by atoms with Crippen LogP contribution in [0.25, 0.3) is 0 Å². The molecule has 21 heavy (non-hydrogen) atoms. The first-order valence-corrected chi connectivity index (χ1v) is 8.28. The van der Waals surface area contributed by atoms with Gasteiger partial charge in [-0.05, 0) is 49.7 Å². The largest absolute Gasteiger partial charge is 0.368 e. The molecular formula is C18H25NO2. The van der Waals surface area contributed by atoms with Crippen molar-refractivity contribution < 1.29 is 9.53 Å². The first kappa shape index (κ1) is 14.6. The summed E-state index contributed by atoms with van der Waals surface area (Å²) < 4.78 is 5.71. The number of ether oxygens (including phenoxy) is 1. The summed E-state index contributed by atoms with van der Waals surface area (Å²) in [6.45, 7) is 3.72. The zero-order valence-electron chi connectivity index (χ0n) is 12.9. The highest BCUT2D eigenvalue weighted by atomic mass is 16.5. The van der Waals surface area contributed by atoms with Gasteiger partial charge in [0.15, 0.2) is 0 Å². The predicted molar refractivity (Wildman–Crippen MR) is 83.2 cm³/mol. The van der Waals surface area contributed by atoms with E-state index < -0.39 is 0 Å². The van der Waals surface area contributed by atoms with Crippen molar-refractivity contribution in [2.75, 3.05) is 13.2 Å². The SMILES string of the molecule is CCCN(C(=O)[C@@H]1CCCCO1)C1Cc2ccccc2C1. The van der Waals surface area contributed by atoms with Crippen molar-refractivity contribution in [1.82, 2.24) is 4.90 Å². The summed E-state index contributed by atoms with van der Waals surface area (Å²) in [5.41, 5.74) is 2.81. The fraction of sp³-hybridized carbons (Fsp3) is 0.611. The Morgan fingerprint density at radius 1 is 1.24 bits per heavy atom. The van der Waals surface area contributed by atoms with Gasteiger partial charge in [-0.25, -0.2) is 0 Å². The Morgan fingerprint density at radius 2 is 1.95 bits per heavy atom. The zero-order valence-corrected chi connectivity index (χ0v) is 12.9. The van der Waals surface area contributed by atoms with E-state index >= 15 is 0 Å².